The van der Waals surface area contributed by atoms with Gasteiger partial charge in [0.25, 0.3) is 0 Å². The predicted molar refractivity (Wildman–Crippen MR) is 94.9 cm³/mol. The molecule has 126 valence electrons. The zero-order chi connectivity index (χ0) is 18.4. The standard InChI is InChI=1S/C20H21N5/c1-14(11-21)9-18-19(10-15(2)12-22)25(16(3)13-23)20(24-18)17-7-5-4-6-8-17/h4-8,14-16H,9-10H2,1-3H3. The molecule has 1 aromatic carbocycles. The third-order valence-corrected chi connectivity index (χ3v) is 4.14. The number of hydrogen-bond donors (Lipinski definition) is 0. The van der Waals surface area contributed by atoms with Gasteiger partial charge in [-0.2, -0.15) is 15.8 Å². The number of rotatable bonds is 6. The van der Waals surface area contributed by atoms with Gasteiger partial charge >= 0.3 is 0 Å². The lowest BCUT2D eigenvalue weighted by atomic mass is 10.0. The second kappa shape index (κ2) is 8.13. The lowest BCUT2D eigenvalue weighted by Gasteiger charge is -2.15. The summed E-state index contributed by atoms with van der Waals surface area (Å²) < 4.78 is 1.92. The SMILES string of the molecule is CC(C#N)Cc1nc(-c2ccccc2)n(C(C)C#N)c1CC(C)C#N. The molecule has 0 spiro atoms. The number of hydrogen-bond acceptors (Lipinski definition) is 4. The van der Waals surface area contributed by atoms with Crippen LogP contribution in [0.4, 0.5) is 0 Å². The van der Waals surface area contributed by atoms with Crippen LogP contribution in [-0.4, -0.2) is 9.55 Å². The van der Waals surface area contributed by atoms with Gasteiger partial charge in [-0.05, 0) is 20.8 Å². The summed E-state index contributed by atoms with van der Waals surface area (Å²) in [6.07, 6.45) is 1.02. The molecule has 0 radical (unpaired) electrons. The smallest absolute Gasteiger partial charge is 0.141 e. The van der Waals surface area contributed by atoms with Gasteiger partial charge in [0.15, 0.2) is 0 Å². The van der Waals surface area contributed by atoms with Gasteiger partial charge in [0.05, 0.1) is 23.9 Å². The summed E-state index contributed by atoms with van der Waals surface area (Å²) in [5.41, 5.74) is 2.60. The van der Waals surface area contributed by atoms with Crippen LogP contribution in [0.15, 0.2) is 30.3 Å². The van der Waals surface area contributed by atoms with E-state index in [1.165, 1.54) is 0 Å². The van der Waals surface area contributed by atoms with Gasteiger partial charge < -0.3 is 4.57 Å². The molecule has 0 aliphatic heterocycles. The van der Waals surface area contributed by atoms with E-state index in [0.717, 1.165) is 22.8 Å². The maximum absolute atomic E-state index is 9.50. The second-order valence-electron chi connectivity index (χ2n) is 6.34. The van der Waals surface area contributed by atoms with E-state index in [2.05, 4.69) is 18.2 Å². The van der Waals surface area contributed by atoms with Crippen molar-refractivity contribution in [2.24, 2.45) is 11.8 Å². The maximum Gasteiger partial charge on any atom is 0.141 e. The molecule has 0 aliphatic carbocycles. The summed E-state index contributed by atoms with van der Waals surface area (Å²) in [7, 11) is 0. The van der Waals surface area contributed by atoms with Crippen molar-refractivity contribution in [2.45, 2.75) is 39.7 Å². The topological polar surface area (TPSA) is 89.2 Å². The summed E-state index contributed by atoms with van der Waals surface area (Å²) in [5.74, 6) is 0.344. The van der Waals surface area contributed by atoms with Gasteiger partial charge in [-0.25, -0.2) is 4.98 Å². The Hall–Kier alpha value is -3.10. The Bertz CT molecular complexity index is 845. The van der Waals surface area contributed by atoms with Gasteiger partial charge in [0, 0.05) is 35.9 Å². The van der Waals surface area contributed by atoms with Crippen LogP contribution in [-0.2, 0) is 12.8 Å². The lowest BCUT2D eigenvalue weighted by Crippen LogP contribution is -2.13. The Kier molecular flexibility index (Phi) is 5.93. The highest BCUT2D eigenvalue weighted by atomic mass is 15.1. The summed E-state index contributed by atoms with van der Waals surface area (Å²) >= 11 is 0. The summed E-state index contributed by atoms with van der Waals surface area (Å²) in [4.78, 5) is 4.78. The van der Waals surface area contributed by atoms with E-state index >= 15 is 0 Å². The van der Waals surface area contributed by atoms with Crippen LogP contribution in [0, 0.1) is 45.8 Å². The van der Waals surface area contributed by atoms with E-state index in [1.807, 2.05) is 55.7 Å². The van der Waals surface area contributed by atoms with Crippen molar-refractivity contribution in [1.82, 2.24) is 9.55 Å². The molecule has 5 heteroatoms. The Morgan fingerprint density at radius 3 is 2.08 bits per heavy atom. The predicted octanol–water partition coefficient (Wildman–Crippen LogP) is 4.04. The van der Waals surface area contributed by atoms with Gasteiger partial charge in [-0.3, -0.25) is 0 Å². The Morgan fingerprint density at radius 2 is 1.52 bits per heavy atom. The fraction of sp³-hybridized carbons (Fsp3) is 0.400. The lowest BCUT2D eigenvalue weighted by molar-refractivity contribution is 0.600. The Labute approximate surface area is 148 Å². The molecule has 0 fully saturated rings. The van der Waals surface area contributed by atoms with Gasteiger partial charge in [-0.15, -0.1) is 0 Å². The monoisotopic (exact) mass is 331 g/mol. The number of nitrogens with zero attached hydrogens (tertiary/aromatic N) is 5. The van der Waals surface area contributed by atoms with Crippen LogP contribution >= 0.6 is 0 Å². The van der Waals surface area contributed by atoms with Crippen LogP contribution in [0.5, 0.6) is 0 Å². The van der Waals surface area contributed by atoms with Crippen molar-refractivity contribution in [3.8, 4) is 29.6 Å². The number of aromatic nitrogens is 2. The average molecular weight is 331 g/mol. The molecular formula is C20H21N5. The third-order valence-electron chi connectivity index (χ3n) is 4.14. The van der Waals surface area contributed by atoms with Crippen molar-refractivity contribution >= 4 is 0 Å². The molecule has 0 bridgehead atoms. The first-order valence-corrected chi connectivity index (χ1v) is 8.36. The normalized spacial score (nSPS) is 13.9. The molecule has 0 N–H and O–H groups in total. The highest BCUT2D eigenvalue weighted by molar-refractivity contribution is 5.57. The van der Waals surface area contributed by atoms with Crippen LogP contribution in [0.2, 0.25) is 0 Å². The molecule has 1 heterocycles. The average Bonchev–Trinajstić information content (AvgIpc) is 2.99. The highest BCUT2D eigenvalue weighted by Crippen LogP contribution is 2.29. The first-order chi connectivity index (χ1) is 12.0. The summed E-state index contributed by atoms with van der Waals surface area (Å²) in [6, 6.07) is 16.1. The molecule has 0 amide bonds. The van der Waals surface area contributed by atoms with E-state index in [1.54, 1.807) is 0 Å². The third kappa shape index (κ3) is 4.06. The fourth-order valence-electron chi connectivity index (χ4n) is 2.83. The van der Waals surface area contributed by atoms with Crippen molar-refractivity contribution in [1.29, 1.82) is 15.8 Å². The van der Waals surface area contributed by atoms with E-state index in [-0.39, 0.29) is 11.8 Å². The Balaban J connectivity index is 2.67. The van der Waals surface area contributed by atoms with Crippen LogP contribution in [0.3, 0.4) is 0 Å². The highest BCUT2D eigenvalue weighted by Gasteiger charge is 2.24. The van der Waals surface area contributed by atoms with E-state index in [9.17, 15) is 15.8 Å². The maximum atomic E-state index is 9.50. The molecule has 3 unspecified atom stereocenters. The summed E-state index contributed by atoms with van der Waals surface area (Å²) in [5, 5.41) is 27.9. The van der Waals surface area contributed by atoms with Gasteiger partial charge in [0.1, 0.15) is 11.9 Å². The molecule has 25 heavy (non-hydrogen) atoms. The molecule has 1 aromatic heterocycles. The van der Waals surface area contributed by atoms with E-state index in [4.69, 9.17) is 4.98 Å². The zero-order valence-electron chi connectivity index (χ0n) is 14.8. The number of benzene rings is 1. The molecule has 2 rings (SSSR count). The second-order valence-corrected chi connectivity index (χ2v) is 6.34. The van der Waals surface area contributed by atoms with Crippen LogP contribution in [0.1, 0.15) is 38.2 Å². The van der Waals surface area contributed by atoms with Gasteiger partial charge in [-0.1, -0.05) is 30.3 Å². The molecule has 3 atom stereocenters. The molecular weight excluding hydrogens is 310 g/mol. The quantitative estimate of drug-likeness (QED) is 0.799. The number of imidazole rings is 1. The van der Waals surface area contributed by atoms with E-state index < -0.39 is 6.04 Å². The first kappa shape index (κ1) is 18.2. The minimum absolute atomic E-state index is 0.180. The largest absolute Gasteiger partial charge is 0.312 e. The molecule has 0 saturated carbocycles. The van der Waals surface area contributed by atoms with Crippen LogP contribution < -0.4 is 0 Å². The Morgan fingerprint density at radius 1 is 0.920 bits per heavy atom. The van der Waals surface area contributed by atoms with Gasteiger partial charge in [0.2, 0.25) is 0 Å². The van der Waals surface area contributed by atoms with Crippen molar-refractivity contribution in [3.63, 3.8) is 0 Å². The molecule has 5 nitrogen and oxygen atoms in total. The van der Waals surface area contributed by atoms with Crippen LogP contribution in [0.25, 0.3) is 11.4 Å². The first-order valence-electron chi connectivity index (χ1n) is 8.36. The molecule has 0 aliphatic rings. The van der Waals surface area contributed by atoms with Crippen molar-refractivity contribution in [2.75, 3.05) is 0 Å². The molecule has 0 saturated heterocycles. The van der Waals surface area contributed by atoms with E-state index in [0.29, 0.717) is 12.8 Å². The zero-order valence-corrected chi connectivity index (χ0v) is 14.8. The minimum Gasteiger partial charge on any atom is -0.312 e. The number of nitriles is 3. The van der Waals surface area contributed by atoms with Crippen molar-refractivity contribution < 1.29 is 0 Å². The molecule has 2 aromatic rings. The minimum atomic E-state index is -0.408. The summed E-state index contributed by atoms with van der Waals surface area (Å²) in [6.45, 7) is 5.53. The van der Waals surface area contributed by atoms with Crippen molar-refractivity contribution in [3.05, 3.63) is 41.7 Å². The fourth-order valence-corrected chi connectivity index (χ4v) is 2.83.